The molecule has 0 fully saturated rings. The molecule has 2 aromatic carbocycles. The minimum Gasteiger partial charge on any atom is -0.493 e. The first-order valence-electron chi connectivity index (χ1n) is 12.5. The summed E-state index contributed by atoms with van der Waals surface area (Å²) in [4.78, 5) is 33.2. The highest BCUT2D eigenvalue weighted by molar-refractivity contribution is 7.99. The molecule has 1 amide bonds. The van der Waals surface area contributed by atoms with Crippen LogP contribution in [0.5, 0.6) is 11.5 Å². The van der Waals surface area contributed by atoms with Gasteiger partial charge >= 0.3 is 0 Å². The first-order chi connectivity index (χ1) is 18.6. The topological polar surface area (TPSA) is 94.8 Å². The molecule has 0 saturated heterocycles. The van der Waals surface area contributed by atoms with Crippen LogP contribution < -0.4 is 20.5 Å². The third kappa shape index (κ3) is 5.46. The van der Waals surface area contributed by atoms with Gasteiger partial charge in [0.25, 0.3) is 11.5 Å². The second-order valence-electron chi connectivity index (χ2n) is 8.69. The number of ether oxygens (including phenoxy) is 2. The lowest BCUT2D eigenvalue weighted by Gasteiger charge is -2.13. The Morgan fingerprint density at radius 1 is 1.18 bits per heavy atom. The fourth-order valence-electron chi connectivity index (χ4n) is 4.47. The van der Waals surface area contributed by atoms with Crippen LogP contribution in [0.2, 0.25) is 0 Å². The van der Waals surface area contributed by atoms with Gasteiger partial charge < -0.3 is 9.47 Å². The van der Waals surface area contributed by atoms with Gasteiger partial charge in [-0.1, -0.05) is 30.0 Å². The van der Waals surface area contributed by atoms with Gasteiger partial charge in [-0.2, -0.15) is 5.10 Å². The number of benzene rings is 2. The van der Waals surface area contributed by atoms with Crippen LogP contribution >= 0.6 is 23.1 Å². The third-order valence-corrected chi connectivity index (χ3v) is 8.32. The van der Waals surface area contributed by atoms with Crippen LogP contribution in [0.15, 0.2) is 63.6 Å². The van der Waals surface area contributed by atoms with E-state index >= 15 is 0 Å². The van der Waals surface area contributed by atoms with E-state index in [0.29, 0.717) is 23.3 Å². The van der Waals surface area contributed by atoms with Gasteiger partial charge in [0, 0.05) is 4.88 Å². The molecule has 0 atom stereocenters. The number of rotatable bonds is 9. The Hall–Kier alpha value is -3.63. The summed E-state index contributed by atoms with van der Waals surface area (Å²) in [7, 11) is 1.57. The van der Waals surface area contributed by atoms with Gasteiger partial charge in [-0.3, -0.25) is 14.2 Å². The van der Waals surface area contributed by atoms with Crippen molar-refractivity contribution in [1.29, 1.82) is 0 Å². The number of thiophene rings is 1. The Balaban J connectivity index is 1.35. The number of nitrogens with zero attached hydrogens (tertiary/aromatic N) is 3. The number of methoxy groups -OCH3 is 1. The number of para-hydroxylation sites is 1. The minimum atomic E-state index is -0.302. The maximum Gasteiger partial charge on any atom is 0.267 e. The van der Waals surface area contributed by atoms with Crippen molar-refractivity contribution < 1.29 is 14.3 Å². The monoisotopic (exact) mass is 548 g/mol. The van der Waals surface area contributed by atoms with E-state index in [-0.39, 0.29) is 17.2 Å². The zero-order valence-corrected chi connectivity index (χ0v) is 22.9. The summed E-state index contributed by atoms with van der Waals surface area (Å²) in [5.74, 6) is 0.991. The molecule has 5 rings (SSSR count). The van der Waals surface area contributed by atoms with Crippen LogP contribution in [0.4, 0.5) is 0 Å². The lowest BCUT2D eigenvalue weighted by molar-refractivity contribution is -0.118. The lowest BCUT2D eigenvalue weighted by atomic mass is 9.97. The predicted molar refractivity (Wildman–Crippen MR) is 152 cm³/mol. The number of hydrazone groups is 1. The van der Waals surface area contributed by atoms with E-state index in [0.717, 1.165) is 52.7 Å². The minimum absolute atomic E-state index is 0.0554. The highest BCUT2D eigenvalue weighted by Gasteiger charge is 2.23. The quantitative estimate of drug-likeness (QED) is 0.137. The molecule has 4 aromatic rings. The number of nitrogens with one attached hydrogen (secondary N) is 1. The Bertz CT molecular complexity index is 1550. The fraction of sp³-hybridized carbons (Fsp3) is 0.286. The summed E-state index contributed by atoms with van der Waals surface area (Å²) in [6.45, 7) is 2.44. The molecule has 8 nitrogen and oxygen atoms in total. The molecule has 1 aliphatic carbocycles. The SMILES string of the molecule is CCOc1ccc(C=NNC(=O)CSc2nc3sc4c(c3c(=O)n2-c2ccccc2)CCCC4)cc1OC. The molecule has 0 spiro atoms. The van der Waals surface area contributed by atoms with Gasteiger partial charge in [0.1, 0.15) is 4.83 Å². The highest BCUT2D eigenvalue weighted by Crippen LogP contribution is 2.35. The molecule has 0 bridgehead atoms. The maximum absolute atomic E-state index is 13.7. The molecule has 0 saturated carbocycles. The van der Waals surface area contributed by atoms with E-state index in [9.17, 15) is 9.59 Å². The van der Waals surface area contributed by atoms with Gasteiger partial charge in [0.2, 0.25) is 0 Å². The molecule has 196 valence electrons. The number of carbonyl (C=O) groups excluding carboxylic acids is 1. The van der Waals surface area contributed by atoms with Crippen LogP contribution in [0.25, 0.3) is 15.9 Å². The van der Waals surface area contributed by atoms with E-state index in [1.165, 1.54) is 16.6 Å². The van der Waals surface area contributed by atoms with E-state index in [1.54, 1.807) is 41.4 Å². The largest absolute Gasteiger partial charge is 0.493 e. The average molecular weight is 549 g/mol. The molecule has 0 radical (unpaired) electrons. The third-order valence-electron chi connectivity index (χ3n) is 6.20. The smallest absolute Gasteiger partial charge is 0.267 e. The van der Waals surface area contributed by atoms with Crippen molar-refractivity contribution >= 4 is 45.4 Å². The number of amides is 1. The van der Waals surface area contributed by atoms with Crippen molar-refractivity contribution in [3.05, 3.63) is 74.9 Å². The van der Waals surface area contributed by atoms with E-state index in [4.69, 9.17) is 14.5 Å². The van der Waals surface area contributed by atoms with E-state index in [1.807, 2.05) is 43.3 Å². The second kappa shape index (κ2) is 11.8. The van der Waals surface area contributed by atoms with Crippen LogP contribution in [-0.2, 0) is 17.6 Å². The van der Waals surface area contributed by atoms with Crippen molar-refractivity contribution in [1.82, 2.24) is 15.0 Å². The molecule has 1 aliphatic rings. The van der Waals surface area contributed by atoms with Crippen molar-refractivity contribution in [2.75, 3.05) is 19.5 Å². The molecule has 1 N–H and O–H groups in total. The molecular formula is C28H28N4O4S2. The number of aromatic nitrogens is 2. The van der Waals surface area contributed by atoms with Crippen LogP contribution in [-0.4, -0.2) is 41.1 Å². The first kappa shape index (κ1) is 26.0. The molecule has 38 heavy (non-hydrogen) atoms. The molecule has 2 aromatic heterocycles. The number of aryl methyl sites for hydroxylation is 2. The van der Waals surface area contributed by atoms with Gasteiger partial charge in [-0.15, -0.1) is 11.3 Å². The van der Waals surface area contributed by atoms with Gasteiger partial charge in [0.05, 0.1) is 36.8 Å². The molecule has 10 heteroatoms. The summed E-state index contributed by atoms with van der Waals surface area (Å²) in [5.41, 5.74) is 5.11. The van der Waals surface area contributed by atoms with Gasteiger partial charge in [-0.25, -0.2) is 10.4 Å². The summed E-state index contributed by atoms with van der Waals surface area (Å²) < 4.78 is 12.5. The Morgan fingerprint density at radius 2 is 2.00 bits per heavy atom. The highest BCUT2D eigenvalue weighted by atomic mass is 32.2. The normalized spacial score (nSPS) is 13.0. The number of carbonyl (C=O) groups is 1. The van der Waals surface area contributed by atoms with Crippen LogP contribution in [0.1, 0.15) is 35.8 Å². The van der Waals surface area contributed by atoms with Crippen LogP contribution in [0, 0.1) is 0 Å². The van der Waals surface area contributed by atoms with E-state index in [2.05, 4.69) is 10.5 Å². The first-order valence-corrected chi connectivity index (χ1v) is 14.3. The molecule has 2 heterocycles. The van der Waals surface area contributed by atoms with Gasteiger partial charge in [0.15, 0.2) is 16.7 Å². The number of hydrogen-bond donors (Lipinski definition) is 1. The number of fused-ring (bicyclic) bond motifs is 3. The Morgan fingerprint density at radius 3 is 2.79 bits per heavy atom. The zero-order valence-electron chi connectivity index (χ0n) is 21.2. The van der Waals surface area contributed by atoms with Crippen molar-refractivity contribution in [2.24, 2.45) is 5.10 Å². The maximum atomic E-state index is 13.7. The predicted octanol–water partition coefficient (Wildman–Crippen LogP) is 4.98. The van der Waals surface area contributed by atoms with Crippen molar-refractivity contribution in [3.63, 3.8) is 0 Å². The average Bonchev–Trinajstić information content (AvgIpc) is 3.32. The lowest BCUT2D eigenvalue weighted by Crippen LogP contribution is -2.24. The summed E-state index contributed by atoms with van der Waals surface area (Å²) >= 11 is 2.82. The van der Waals surface area contributed by atoms with Gasteiger partial charge in [-0.05, 0) is 74.1 Å². The number of hydrogen-bond acceptors (Lipinski definition) is 8. The molecule has 0 unspecified atom stereocenters. The molecular weight excluding hydrogens is 520 g/mol. The van der Waals surface area contributed by atoms with Crippen molar-refractivity contribution in [2.45, 2.75) is 37.8 Å². The summed E-state index contributed by atoms with van der Waals surface area (Å²) in [5, 5.41) is 5.28. The summed E-state index contributed by atoms with van der Waals surface area (Å²) in [6, 6.07) is 14.9. The van der Waals surface area contributed by atoms with E-state index < -0.39 is 0 Å². The second-order valence-corrected chi connectivity index (χ2v) is 10.7. The van der Waals surface area contributed by atoms with Crippen LogP contribution in [0.3, 0.4) is 0 Å². The summed E-state index contributed by atoms with van der Waals surface area (Å²) in [6.07, 6.45) is 5.67. The number of thioether (sulfide) groups is 1. The van der Waals surface area contributed by atoms with Crippen molar-refractivity contribution in [3.8, 4) is 17.2 Å². The molecule has 0 aliphatic heterocycles. The standard InChI is InChI=1S/C28H28N4O4S2/c1-3-36-21-14-13-18(15-22(21)35-2)16-29-31-24(33)17-37-28-30-26-25(20-11-7-8-12-23(20)38-26)27(34)32(28)19-9-5-4-6-10-19/h4-6,9-10,13-16H,3,7-8,11-12,17H2,1-2H3,(H,31,33). The zero-order chi connectivity index (χ0) is 26.5. The fourth-order valence-corrected chi connectivity index (χ4v) is 6.58. The Kier molecular flexibility index (Phi) is 8.09. The Labute approximate surface area is 228 Å².